The smallest absolute Gasteiger partial charge is 0.223 e. The first-order valence-electron chi connectivity index (χ1n) is 8.70. The fraction of sp³-hybridized carbons (Fsp3) is 0.632. The summed E-state index contributed by atoms with van der Waals surface area (Å²) in [6, 6.07) is 6.21. The van der Waals surface area contributed by atoms with E-state index in [1.54, 1.807) is 0 Å². The standard InChI is InChI=1S/C19H31N3O/c1-5-14-6-7-17(20)12-16(14)13-22-10-8-15(9-11-22)18(23)21-19(2,3)4/h6-7,12,15H,5,8-11,13,20H2,1-4H3,(H,21,23). The quantitative estimate of drug-likeness (QED) is 0.839. The Kier molecular flexibility index (Phi) is 5.69. The fourth-order valence-electron chi connectivity index (χ4n) is 3.20. The van der Waals surface area contributed by atoms with Crippen molar-refractivity contribution in [3.63, 3.8) is 0 Å². The minimum absolute atomic E-state index is 0.147. The van der Waals surface area contributed by atoms with Crippen molar-refractivity contribution in [2.24, 2.45) is 5.92 Å². The van der Waals surface area contributed by atoms with Gasteiger partial charge in [0, 0.05) is 23.7 Å². The molecule has 4 nitrogen and oxygen atoms in total. The van der Waals surface area contributed by atoms with E-state index in [-0.39, 0.29) is 17.4 Å². The summed E-state index contributed by atoms with van der Waals surface area (Å²) in [5.74, 6) is 0.354. The lowest BCUT2D eigenvalue weighted by Crippen LogP contribution is -2.46. The zero-order valence-electron chi connectivity index (χ0n) is 15.0. The zero-order valence-corrected chi connectivity index (χ0v) is 15.0. The van der Waals surface area contributed by atoms with Crippen LogP contribution >= 0.6 is 0 Å². The minimum atomic E-state index is -0.147. The number of nitrogens with zero attached hydrogens (tertiary/aromatic N) is 1. The average molecular weight is 317 g/mol. The summed E-state index contributed by atoms with van der Waals surface area (Å²) in [4.78, 5) is 14.7. The van der Waals surface area contributed by atoms with Crippen molar-refractivity contribution in [1.29, 1.82) is 0 Å². The number of nitrogens with one attached hydrogen (secondary N) is 1. The third-order valence-corrected chi connectivity index (χ3v) is 4.46. The van der Waals surface area contributed by atoms with Crippen molar-refractivity contribution < 1.29 is 4.79 Å². The maximum absolute atomic E-state index is 12.3. The number of carbonyl (C=O) groups is 1. The van der Waals surface area contributed by atoms with Gasteiger partial charge < -0.3 is 11.1 Å². The monoisotopic (exact) mass is 317 g/mol. The van der Waals surface area contributed by atoms with Gasteiger partial charge in [-0.05, 0) is 76.4 Å². The molecule has 0 atom stereocenters. The lowest BCUT2D eigenvalue weighted by molar-refractivity contribution is -0.127. The molecule has 0 spiro atoms. The molecule has 1 aliphatic rings. The van der Waals surface area contributed by atoms with E-state index in [2.05, 4.69) is 29.3 Å². The largest absolute Gasteiger partial charge is 0.399 e. The molecule has 1 saturated heterocycles. The van der Waals surface area contributed by atoms with E-state index in [4.69, 9.17) is 5.73 Å². The Hall–Kier alpha value is -1.55. The summed E-state index contributed by atoms with van der Waals surface area (Å²) in [5, 5.41) is 3.11. The van der Waals surface area contributed by atoms with Crippen LogP contribution in [0.25, 0.3) is 0 Å². The SMILES string of the molecule is CCc1ccc(N)cc1CN1CCC(C(=O)NC(C)(C)C)CC1. The molecule has 0 bridgehead atoms. The van der Waals surface area contributed by atoms with Crippen LogP contribution in [0.5, 0.6) is 0 Å². The number of nitrogens with two attached hydrogens (primary N) is 1. The molecular formula is C19H31N3O. The van der Waals surface area contributed by atoms with Crippen LogP contribution in [0, 0.1) is 5.92 Å². The van der Waals surface area contributed by atoms with Gasteiger partial charge in [0.05, 0.1) is 0 Å². The number of benzene rings is 1. The normalized spacial score (nSPS) is 17.2. The van der Waals surface area contributed by atoms with E-state index in [0.29, 0.717) is 0 Å². The lowest BCUT2D eigenvalue weighted by Gasteiger charge is -2.33. The van der Waals surface area contributed by atoms with Crippen LogP contribution in [0.4, 0.5) is 5.69 Å². The Morgan fingerprint density at radius 1 is 1.26 bits per heavy atom. The van der Waals surface area contributed by atoms with Gasteiger partial charge in [-0.15, -0.1) is 0 Å². The molecule has 1 aliphatic heterocycles. The number of amides is 1. The van der Waals surface area contributed by atoms with E-state index >= 15 is 0 Å². The minimum Gasteiger partial charge on any atom is -0.399 e. The van der Waals surface area contributed by atoms with Gasteiger partial charge in [0.25, 0.3) is 0 Å². The number of rotatable bonds is 4. The van der Waals surface area contributed by atoms with Crippen molar-refractivity contribution >= 4 is 11.6 Å². The summed E-state index contributed by atoms with van der Waals surface area (Å²) in [6.07, 6.45) is 2.90. The molecule has 2 rings (SSSR count). The highest BCUT2D eigenvalue weighted by Gasteiger charge is 2.27. The van der Waals surface area contributed by atoms with Crippen LogP contribution in [0.15, 0.2) is 18.2 Å². The molecule has 0 aromatic heterocycles. The van der Waals surface area contributed by atoms with Crippen LogP contribution in [-0.2, 0) is 17.8 Å². The molecular weight excluding hydrogens is 286 g/mol. The van der Waals surface area contributed by atoms with Crippen LogP contribution < -0.4 is 11.1 Å². The first-order valence-corrected chi connectivity index (χ1v) is 8.70. The van der Waals surface area contributed by atoms with E-state index in [1.165, 1.54) is 11.1 Å². The predicted octanol–water partition coefficient (Wildman–Crippen LogP) is 2.96. The van der Waals surface area contributed by atoms with E-state index in [9.17, 15) is 4.79 Å². The Morgan fingerprint density at radius 2 is 1.91 bits per heavy atom. The molecule has 1 amide bonds. The predicted molar refractivity (Wildman–Crippen MR) is 96.1 cm³/mol. The topological polar surface area (TPSA) is 58.4 Å². The molecule has 1 heterocycles. The summed E-state index contributed by atoms with van der Waals surface area (Å²) < 4.78 is 0. The maximum Gasteiger partial charge on any atom is 0.223 e. The van der Waals surface area contributed by atoms with Gasteiger partial charge in [-0.1, -0.05) is 13.0 Å². The van der Waals surface area contributed by atoms with Crippen molar-refractivity contribution in [2.45, 2.75) is 59.0 Å². The average Bonchev–Trinajstić information content (AvgIpc) is 2.46. The van der Waals surface area contributed by atoms with Gasteiger partial charge in [0.1, 0.15) is 0 Å². The number of hydrogen-bond donors (Lipinski definition) is 2. The van der Waals surface area contributed by atoms with Crippen molar-refractivity contribution in [2.75, 3.05) is 18.8 Å². The Balaban J connectivity index is 1.90. The third-order valence-electron chi connectivity index (χ3n) is 4.46. The molecule has 1 fully saturated rings. The number of carbonyl (C=O) groups excluding carboxylic acids is 1. The molecule has 23 heavy (non-hydrogen) atoms. The van der Waals surface area contributed by atoms with Crippen LogP contribution in [0.1, 0.15) is 51.7 Å². The molecule has 4 heteroatoms. The van der Waals surface area contributed by atoms with Crippen LogP contribution in [0.3, 0.4) is 0 Å². The number of piperidine rings is 1. The van der Waals surface area contributed by atoms with Gasteiger partial charge in [-0.25, -0.2) is 0 Å². The van der Waals surface area contributed by atoms with Crippen molar-refractivity contribution in [1.82, 2.24) is 10.2 Å². The Bertz CT molecular complexity index is 540. The highest BCUT2D eigenvalue weighted by atomic mass is 16.2. The molecule has 0 saturated carbocycles. The highest BCUT2D eigenvalue weighted by Crippen LogP contribution is 2.22. The molecule has 3 N–H and O–H groups in total. The maximum atomic E-state index is 12.3. The van der Waals surface area contributed by atoms with Gasteiger partial charge >= 0.3 is 0 Å². The molecule has 128 valence electrons. The number of aryl methyl sites for hydroxylation is 1. The van der Waals surface area contributed by atoms with E-state index < -0.39 is 0 Å². The first-order chi connectivity index (χ1) is 10.8. The molecule has 1 aromatic carbocycles. The van der Waals surface area contributed by atoms with Gasteiger partial charge in [-0.2, -0.15) is 0 Å². The van der Waals surface area contributed by atoms with Gasteiger partial charge in [0.15, 0.2) is 0 Å². The summed E-state index contributed by atoms with van der Waals surface area (Å²) in [5.41, 5.74) is 9.31. The zero-order chi connectivity index (χ0) is 17.0. The van der Waals surface area contributed by atoms with Crippen molar-refractivity contribution in [3.05, 3.63) is 29.3 Å². The van der Waals surface area contributed by atoms with Crippen LogP contribution in [-0.4, -0.2) is 29.4 Å². The van der Waals surface area contributed by atoms with Crippen LogP contribution in [0.2, 0.25) is 0 Å². The molecule has 0 aliphatic carbocycles. The van der Waals surface area contributed by atoms with Crippen molar-refractivity contribution in [3.8, 4) is 0 Å². The van der Waals surface area contributed by atoms with E-state index in [0.717, 1.165) is 44.6 Å². The second-order valence-corrected chi connectivity index (χ2v) is 7.67. The van der Waals surface area contributed by atoms with Gasteiger partial charge in [-0.3, -0.25) is 9.69 Å². The summed E-state index contributed by atoms with van der Waals surface area (Å²) in [7, 11) is 0. The number of anilines is 1. The molecule has 0 radical (unpaired) electrons. The Morgan fingerprint density at radius 3 is 2.48 bits per heavy atom. The summed E-state index contributed by atoms with van der Waals surface area (Å²) >= 11 is 0. The molecule has 0 unspecified atom stereocenters. The number of likely N-dealkylation sites (tertiary alicyclic amines) is 1. The Labute approximate surface area is 140 Å². The van der Waals surface area contributed by atoms with E-state index in [1.807, 2.05) is 26.8 Å². The lowest BCUT2D eigenvalue weighted by atomic mass is 9.94. The molecule has 1 aromatic rings. The second kappa shape index (κ2) is 7.35. The third kappa shape index (κ3) is 5.24. The van der Waals surface area contributed by atoms with Gasteiger partial charge in [0.2, 0.25) is 5.91 Å². The summed E-state index contributed by atoms with van der Waals surface area (Å²) in [6.45, 7) is 11.2. The number of hydrogen-bond acceptors (Lipinski definition) is 3. The highest BCUT2D eigenvalue weighted by molar-refractivity contribution is 5.79. The second-order valence-electron chi connectivity index (χ2n) is 7.67. The first kappa shape index (κ1) is 17.8. The number of nitrogen functional groups attached to an aromatic ring is 1. The fourth-order valence-corrected chi connectivity index (χ4v) is 3.20.